The monoisotopic (exact) mass is 254 g/mol. The topological polar surface area (TPSA) is 18.5 Å². The van der Waals surface area contributed by atoms with Gasteiger partial charge in [-0.1, -0.05) is 32.1 Å². The van der Waals surface area contributed by atoms with E-state index in [4.69, 9.17) is 9.47 Å². The van der Waals surface area contributed by atoms with Gasteiger partial charge in [0, 0.05) is 19.1 Å². The molecule has 2 fully saturated rings. The third-order valence-corrected chi connectivity index (χ3v) is 5.28. The third kappa shape index (κ3) is 2.91. The van der Waals surface area contributed by atoms with Gasteiger partial charge >= 0.3 is 0 Å². The minimum absolute atomic E-state index is 0.323. The maximum atomic E-state index is 5.88. The molecule has 0 saturated heterocycles. The van der Waals surface area contributed by atoms with Gasteiger partial charge in [-0.2, -0.15) is 0 Å². The van der Waals surface area contributed by atoms with Crippen LogP contribution in [0.25, 0.3) is 0 Å². The van der Waals surface area contributed by atoms with Gasteiger partial charge in [0.05, 0.1) is 12.7 Å². The Kier molecular flexibility index (Phi) is 5.50. The summed E-state index contributed by atoms with van der Waals surface area (Å²) in [6, 6.07) is 0. The van der Waals surface area contributed by atoms with Crippen LogP contribution < -0.4 is 0 Å². The summed E-state index contributed by atoms with van der Waals surface area (Å²) in [6.45, 7) is 3.87. The first-order chi connectivity index (χ1) is 8.83. The molecule has 0 heterocycles. The van der Waals surface area contributed by atoms with Crippen LogP contribution in [0.1, 0.15) is 64.7 Å². The van der Waals surface area contributed by atoms with Crippen molar-refractivity contribution >= 4 is 0 Å². The molecule has 0 aromatic rings. The maximum absolute atomic E-state index is 5.88. The summed E-state index contributed by atoms with van der Waals surface area (Å²) in [5.41, 5.74) is 0.323. The van der Waals surface area contributed by atoms with Crippen LogP contribution in [-0.4, -0.2) is 26.4 Å². The largest absolute Gasteiger partial charge is 0.381 e. The molecule has 2 heteroatoms. The highest BCUT2D eigenvalue weighted by Gasteiger charge is 2.47. The molecule has 0 aliphatic heterocycles. The van der Waals surface area contributed by atoms with Crippen molar-refractivity contribution in [3.8, 4) is 0 Å². The van der Waals surface area contributed by atoms with E-state index in [-0.39, 0.29) is 0 Å². The molecule has 2 nitrogen and oxygen atoms in total. The molecule has 0 N–H and O–H groups in total. The lowest BCUT2D eigenvalue weighted by molar-refractivity contribution is -0.124. The predicted molar refractivity (Wildman–Crippen MR) is 74.8 cm³/mol. The van der Waals surface area contributed by atoms with Gasteiger partial charge in [0.1, 0.15) is 0 Å². The highest BCUT2D eigenvalue weighted by atomic mass is 16.5. The lowest BCUT2D eigenvalue weighted by Gasteiger charge is -2.49. The summed E-state index contributed by atoms with van der Waals surface area (Å²) in [5.74, 6) is 0.836. The van der Waals surface area contributed by atoms with Gasteiger partial charge in [-0.05, 0) is 38.5 Å². The van der Waals surface area contributed by atoms with Crippen LogP contribution in [0.5, 0.6) is 0 Å². The molecule has 18 heavy (non-hydrogen) atoms. The van der Waals surface area contributed by atoms with E-state index in [0.717, 1.165) is 19.1 Å². The highest BCUT2D eigenvalue weighted by Crippen LogP contribution is 2.49. The van der Waals surface area contributed by atoms with Crippen LogP contribution in [0.15, 0.2) is 0 Å². The Morgan fingerprint density at radius 1 is 1.00 bits per heavy atom. The van der Waals surface area contributed by atoms with E-state index in [1.165, 1.54) is 57.8 Å². The van der Waals surface area contributed by atoms with E-state index in [9.17, 15) is 0 Å². The zero-order valence-corrected chi connectivity index (χ0v) is 12.2. The fourth-order valence-electron chi connectivity index (χ4n) is 4.30. The van der Waals surface area contributed by atoms with E-state index in [2.05, 4.69) is 6.92 Å². The van der Waals surface area contributed by atoms with Gasteiger partial charge in [0.15, 0.2) is 0 Å². The lowest BCUT2D eigenvalue weighted by Crippen LogP contribution is -2.49. The summed E-state index contributed by atoms with van der Waals surface area (Å²) < 4.78 is 11.8. The number of hydrogen-bond donors (Lipinski definition) is 0. The van der Waals surface area contributed by atoms with Crippen LogP contribution in [0.2, 0.25) is 0 Å². The Hall–Kier alpha value is -0.0800. The Labute approximate surface area is 112 Å². The molecule has 2 aliphatic rings. The summed E-state index contributed by atoms with van der Waals surface area (Å²) >= 11 is 0. The van der Waals surface area contributed by atoms with Crippen molar-refractivity contribution in [3.05, 3.63) is 0 Å². The van der Waals surface area contributed by atoms with Crippen LogP contribution in [0, 0.1) is 11.3 Å². The third-order valence-electron chi connectivity index (χ3n) is 5.28. The first-order valence-corrected chi connectivity index (χ1v) is 7.94. The Bertz CT molecular complexity index is 235. The van der Waals surface area contributed by atoms with E-state index in [1.807, 2.05) is 7.11 Å². The predicted octanol–water partition coefficient (Wildman–Crippen LogP) is 4.18. The standard InChI is InChI=1S/C16H30O2/c1-3-18-13-16(14-9-5-4-6-10-14)12-8-7-11-15(16)17-2/h14-15H,3-13H2,1-2H3. The molecule has 0 bridgehead atoms. The quantitative estimate of drug-likeness (QED) is 0.733. The molecule has 106 valence electrons. The summed E-state index contributed by atoms with van der Waals surface area (Å²) in [7, 11) is 1.90. The molecule has 2 aliphatic carbocycles. The molecular weight excluding hydrogens is 224 g/mol. The molecule has 0 aromatic heterocycles. The van der Waals surface area contributed by atoms with Crippen molar-refractivity contribution in [1.29, 1.82) is 0 Å². The average molecular weight is 254 g/mol. The summed E-state index contributed by atoms with van der Waals surface area (Å²) in [6.07, 6.45) is 12.7. The van der Waals surface area contributed by atoms with Crippen LogP contribution in [0.4, 0.5) is 0 Å². The second-order valence-corrected chi connectivity index (χ2v) is 6.18. The van der Waals surface area contributed by atoms with Gasteiger partial charge < -0.3 is 9.47 Å². The summed E-state index contributed by atoms with van der Waals surface area (Å²) in [4.78, 5) is 0. The van der Waals surface area contributed by atoms with Crippen molar-refractivity contribution < 1.29 is 9.47 Å². The molecule has 2 saturated carbocycles. The second-order valence-electron chi connectivity index (χ2n) is 6.18. The van der Waals surface area contributed by atoms with Crippen LogP contribution in [-0.2, 0) is 9.47 Å². The van der Waals surface area contributed by atoms with E-state index >= 15 is 0 Å². The average Bonchev–Trinajstić information content (AvgIpc) is 2.46. The normalized spacial score (nSPS) is 34.7. The molecule has 0 spiro atoms. The zero-order chi connectivity index (χ0) is 12.8. The van der Waals surface area contributed by atoms with Gasteiger partial charge in [-0.3, -0.25) is 0 Å². The van der Waals surface area contributed by atoms with Crippen LogP contribution >= 0.6 is 0 Å². The first kappa shape index (κ1) is 14.3. The number of rotatable bonds is 5. The van der Waals surface area contributed by atoms with Crippen molar-refractivity contribution in [2.45, 2.75) is 70.8 Å². The number of ether oxygens (including phenoxy) is 2. The molecule has 0 aromatic carbocycles. The van der Waals surface area contributed by atoms with Crippen molar-refractivity contribution in [2.75, 3.05) is 20.3 Å². The smallest absolute Gasteiger partial charge is 0.0652 e. The van der Waals surface area contributed by atoms with Crippen LogP contribution in [0.3, 0.4) is 0 Å². The van der Waals surface area contributed by atoms with Gasteiger partial charge in [-0.15, -0.1) is 0 Å². The van der Waals surface area contributed by atoms with Crippen molar-refractivity contribution in [2.24, 2.45) is 11.3 Å². The number of hydrogen-bond acceptors (Lipinski definition) is 2. The molecule has 2 atom stereocenters. The first-order valence-electron chi connectivity index (χ1n) is 7.94. The fourth-order valence-corrected chi connectivity index (χ4v) is 4.30. The van der Waals surface area contributed by atoms with E-state index in [0.29, 0.717) is 11.5 Å². The van der Waals surface area contributed by atoms with Gasteiger partial charge in [0.25, 0.3) is 0 Å². The SMILES string of the molecule is CCOCC1(C2CCCCC2)CCCCC1OC. The van der Waals surface area contributed by atoms with E-state index < -0.39 is 0 Å². The Morgan fingerprint density at radius 3 is 2.39 bits per heavy atom. The maximum Gasteiger partial charge on any atom is 0.0652 e. The minimum atomic E-state index is 0.323. The minimum Gasteiger partial charge on any atom is -0.381 e. The molecule has 0 amide bonds. The Balaban J connectivity index is 2.13. The highest BCUT2D eigenvalue weighted by molar-refractivity contribution is 4.96. The van der Waals surface area contributed by atoms with Crippen molar-refractivity contribution in [3.63, 3.8) is 0 Å². The fraction of sp³-hybridized carbons (Fsp3) is 1.00. The molecule has 2 rings (SSSR count). The number of methoxy groups -OCH3 is 1. The van der Waals surface area contributed by atoms with Crippen molar-refractivity contribution in [1.82, 2.24) is 0 Å². The van der Waals surface area contributed by atoms with Gasteiger partial charge in [-0.25, -0.2) is 0 Å². The zero-order valence-electron chi connectivity index (χ0n) is 12.2. The molecular formula is C16H30O2. The molecule has 0 radical (unpaired) electrons. The molecule has 2 unspecified atom stereocenters. The van der Waals surface area contributed by atoms with Gasteiger partial charge in [0.2, 0.25) is 0 Å². The van der Waals surface area contributed by atoms with E-state index in [1.54, 1.807) is 0 Å². The lowest BCUT2D eigenvalue weighted by atomic mass is 9.60. The summed E-state index contributed by atoms with van der Waals surface area (Å²) in [5, 5.41) is 0. The second kappa shape index (κ2) is 6.91. The Morgan fingerprint density at radius 2 is 1.72 bits per heavy atom.